The number of carbonyl (C=O) groups excluding carboxylic acids is 1. The second-order valence-electron chi connectivity index (χ2n) is 10.1. The Morgan fingerprint density at radius 1 is 0.564 bits per heavy atom. The molecule has 0 saturated carbocycles. The van der Waals surface area contributed by atoms with Crippen LogP contribution in [-0.2, 0) is 10.3 Å². The molecular formula is C34H26N2O3. The van der Waals surface area contributed by atoms with Crippen molar-refractivity contribution in [3.8, 4) is 11.5 Å². The van der Waals surface area contributed by atoms with Crippen molar-refractivity contribution in [3.05, 3.63) is 143 Å². The van der Waals surface area contributed by atoms with Crippen LogP contribution in [0.3, 0.4) is 0 Å². The van der Waals surface area contributed by atoms with Crippen molar-refractivity contribution in [2.75, 3.05) is 10.6 Å². The minimum absolute atomic E-state index is 0.344. The molecule has 2 aliphatic heterocycles. The number of hydrogen-bond acceptors (Lipinski definition) is 5. The Labute approximate surface area is 227 Å². The number of hydrogen-bond donors (Lipinski definition) is 2. The zero-order valence-corrected chi connectivity index (χ0v) is 21.6. The van der Waals surface area contributed by atoms with Gasteiger partial charge in [-0.2, -0.15) is 0 Å². The summed E-state index contributed by atoms with van der Waals surface area (Å²) in [7, 11) is 0. The maximum Gasteiger partial charge on any atom is 0.340 e. The molecule has 2 heterocycles. The molecule has 39 heavy (non-hydrogen) atoms. The molecule has 0 fully saturated rings. The largest absolute Gasteiger partial charge is 0.456 e. The van der Waals surface area contributed by atoms with Crippen LogP contribution in [0.5, 0.6) is 11.5 Å². The van der Waals surface area contributed by atoms with Crippen molar-refractivity contribution in [1.29, 1.82) is 0 Å². The van der Waals surface area contributed by atoms with Crippen LogP contribution < -0.4 is 15.4 Å². The highest BCUT2D eigenvalue weighted by Crippen LogP contribution is 2.57. The van der Waals surface area contributed by atoms with E-state index < -0.39 is 5.60 Å². The Bertz CT molecular complexity index is 1760. The fourth-order valence-corrected chi connectivity index (χ4v) is 5.50. The zero-order valence-electron chi connectivity index (χ0n) is 21.6. The number of rotatable bonds is 4. The Morgan fingerprint density at radius 2 is 1.26 bits per heavy atom. The van der Waals surface area contributed by atoms with E-state index >= 15 is 0 Å². The lowest BCUT2D eigenvalue weighted by Gasteiger charge is -2.37. The minimum atomic E-state index is -1.12. The molecule has 0 amide bonds. The summed E-state index contributed by atoms with van der Waals surface area (Å²) < 4.78 is 12.8. The Hall–Kier alpha value is -5.03. The average Bonchev–Trinajstić information content (AvgIpc) is 3.24. The van der Waals surface area contributed by atoms with Crippen LogP contribution in [0.1, 0.15) is 38.2 Å². The molecule has 0 radical (unpaired) electrons. The molecule has 5 aromatic rings. The predicted molar refractivity (Wildman–Crippen MR) is 154 cm³/mol. The van der Waals surface area contributed by atoms with E-state index in [9.17, 15) is 4.79 Å². The molecule has 0 aromatic heterocycles. The first-order valence-electron chi connectivity index (χ1n) is 13.0. The molecule has 5 nitrogen and oxygen atoms in total. The fraction of sp³-hybridized carbons (Fsp3) is 0.0882. The van der Waals surface area contributed by atoms with E-state index in [2.05, 4.69) is 42.7 Å². The summed E-state index contributed by atoms with van der Waals surface area (Å²) >= 11 is 0. The molecule has 0 bridgehead atoms. The van der Waals surface area contributed by atoms with Crippen LogP contribution in [0, 0.1) is 13.8 Å². The normalized spacial score (nSPS) is 16.5. The number of fused-ring (bicyclic) bond motifs is 6. The van der Waals surface area contributed by atoms with E-state index in [4.69, 9.17) is 9.47 Å². The average molecular weight is 511 g/mol. The number of aryl methyl sites for hydroxylation is 2. The highest BCUT2D eigenvalue weighted by molar-refractivity contribution is 5.97. The van der Waals surface area contributed by atoms with Crippen LogP contribution in [0.2, 0.25) is 0 Å². The molecule has 5 heteroatoms. The van der Waals surface area contributed by atoms with Gasteiger partial charge in [-0.3, -0.25) is 0 Å². The van der Waals surface area contributed by atoms with Gasteiger partial charge in [0.2, 0.25) is 0 Å². The van der Waals surface area contributed by atoms with E-state index in [0.717, 1.165) is 39.4 Å². The topological polar surface area (TPSA) is 59.6 Å². The molecular weight excluding hydrogens is 484 g/mol. The molecule has 7 rings (SSSR count). The maximum atomic E-state index is 13.2. The third-order valence-corrected chi connectivity index (χ3v) is 7.57. The smallest absolute Gasteiger partial charge is 0.340 e. The molecule has 2 aliphatic rings. The van der Waals surface area contributed by atoms with Gasteiger partial charge in [0, 0.05) is 45.5 Å². The summed E-state index contributed by atoms with van der Waals surface area (Å²) in [5.74, 6) is 0.945. The van der Waals surface area contributed by atoms with Crippen LogP contribution in [0.25, 0.3) is 0 Å². The summed E-state index contributed by atoms with van der Waals surface area (Å²) in [6.07, 6.45) is 0. The first kappa shape index (κ1) is 23.1. The van der Waals surface area contributed by atoms with Gasteiger partial charge in [-0.05, 0) is 85.6 Å². The van der Waals surface area contributed by atoms with Crippen molar-refractivity contribution >= 4 is 28.7 Å². The lowest BCUT2D eigenvalue weighted by atomic mass is 9.77. The maximum absolute atomic E-state index is 13.2. The van der Waals surface area contributed by atoms with Crippen molar-refractivity contribution < 1.29 is 14.3 Å². The molecule has 0 aliphatic carbocycles. The van der Waals surface area contributed by atoms with Crippen molar-refractivity contribution in [1.82, 2.24) is 0 Å². The summed E-state index contributed by atoms with van der Waals surface area (Å²) in [6, 6.07) is 35.8. The van der Waals surface area contributed by atoms with E-state index in [1.165, 1.54) is 11.1 Å². The predicted octanol–water partition coefficient (Wildman–Crippen LogP) is 8.36. The number of esters is 1. The third-order valence-electron chi connectivity index (χ3n) is 7.57. The van der Waals surface area contributed by atoms with Crippen LogP contribution in [-0.4, -0.2) is 5.97 Å². The first-order chi connectivity index (χ1) is 19.0. The summed E-state index contributed by atoms with van der Waals surface area (Å²) in [5.41, 5.74) is 8.01. The van der Waals surface area contributed by atoms with Crippen LogP contribution in [0.15, 0.2) is 109 Å². The standard InChI is InChI=1S/C34H26N2O3/c1-21-12-13-24(18-22(21)2)36-25-15-17-31-30(19-25)34(28-11-7-6-10-27(28)33(37)39-34)29-16-14-26(20-32(29)38-31)35-23-8-4-3-5-9-23/h3-20,35-36H,1-2H3. The second kappa shape index (κ2) is 8.77. The highest BCUT2D eigenvalue weighted by Gasteiger charge is 2.53. The van der Waals surface area contributed by atoms with E-state index in [0.29, 0.717) is 17.1 Å². The highest BCUT2D eigenvalue weighted by atomic mass is 16.6. The number of carbonyl (C=O) groups is 1. The molecule has 0 saturated heterocycles. The molecule has 1 atom stereocenters. The van der Waals surface area contributed by atoms with Gasteiger partial charge in [-0.25, -0.2) is 4.79 Å². The first-order valence-corrected chi connectivity index (χ1v) is 13.0. The monoisotopic (exact) mass is 510 g/mol. The number of para-hydroxylation sites is 1. The number of benzene rings is 5. The van der Waals surface area contributed by atoms with Gasteiger partial charge in [-0.1, -0.05) is 42.5 Å². The molecule has 2 N–H and O–H groups in total. The van der Waals surface area contributed by atoms with Crippen molar-refractivity contribution in [2.24, 2.45) is 0 Å². The van der Waals surface area contributed by atoms with Gasteiger partial charge >= 0.3 is 5.97 Å². The molecule has 5 aromatic carbocycles. The zero-order chi connectivity index (χ0) is 26.6. The summed E-state index contributed by atoms with van der Waals surface area (Å²) in [5, 5.41) is 6.95. The van der Waals surface area contributed by atoms with E-state index in [1.54, 1.807) is 0 Å². The minimum Gasteiger partial charge on any atom is -0.456 e. The lowest BCUT2D eigenvalue weighted by Crippen LogP contribution is -2.33. The second-order valence-corrected chi connectivity index (χ2v) is 10.1. The quantitative estimate of drug-likeness (QED) is 0.238. The fourth-order valence-electron chi connectivity index (χ4n) is 5.50. The Balaban J connectivity index is 1.37. The lowest BCUT2D eigenvalue weighted by molar-refractivity contribution is 0.0224. The van der Waals surface area contributed by atoms with Gasteiger partial charge in [0.05, 0.1) is 5.56 Å². The van der Waals surface area contributed by atoms with Crippen LogP contribution >= 0.6 is 0 Å². The number of anilines is 4. The van der Waals surface area contributed by atoms with Gasteiger partial charge in [0.1, 0.15) is 11.5 Å². The van der Waals surface area contributed by atoms with Crippen molar-refractivity contribution in [2.45, 2.75) is 19.4 Å². The molecule has 1 spiro atoms. The molecule has 190 valence electrons. The van der Waals surface area contributed by atoms with E-state index in [1.807, 2.05) is 91.0 Å². The van der Waals surface area contributed by atoms with Crippen molar-refractivity contribution in [3.63, 3.8) is 0 Å². The summed E-state index contributed by atoms with van der Waals surface area (Å²) in [6.45, 7) is 4.20. The van der Waals surface area contributed by atoms with E-state index in [-0.39, 0.29) is 5.97 Å². The summed E-state index contributed by atoms with van der Waals surface area (Å²) in [4.78, 5) is 13.2. The Kier molecular flexibility index (Phi) is 5.20. The van der Waals surface area contributed by atoms with Gasteiger partial charge in [0.15, 0.2) is 5.60 Å². The molecule has 1 unspecified atom stereocenters. The van der Waals surface area contributed by atoms with Gasteiger partial charge in [-0.15, -0.1) is 0 Å². The van der Waals surface area contributed by atoms with Crippen LogP contribution in [0.4, 0.5) is 22.7 Å². The Morgan fingerprint density at radius 3 is 2.10 bits per heavy atom. The van der Waals surface area contributed by atoms with Gasteiger partial charge < -0.3 is 20.1 Å². The SMILES string of the molecule is Cc1ccc(Nc2ccc3c(c2)C2(OC(=O)c4ccccc42)c2ccc(Nc4ccccc4)cc2O3)cc1C. The van der Waals surface area contributed by atoms with Gasteiger partial charge in [0.25, 0.3) is 0 Å². The third kappa shape index (κ3) is 3.74. The number of nitrogens with one attached hydrogen (secondary N) is 2. The number of ether oxygens (including phenoxy) is 2.